The van der Waals surface area contributed by atoms with Crippen molar-refractivity contribution < 1.29 is 14.3 Å². The first-order valence-electron chi connectivity index (χ1n) is 5.67. The second-order valence-corrected chi connectivity index (χ2v) is 3.64. The average Bonchev–Trinajstić information content (AvgIpc) is 2.30. The van der Waals surface area contributed by atoms with Crippen LogP contribution in [0.3, 0.4) is 0 Å². The van der Waals surface area contributed by atoms with Gasteiger partial charge in [-0.1, -0.05) is 0 Å². The van der Waals surface area contributed by atoms with Gasteiger partial charge in [0.05, 0.1) is 6.61 Å². The summed E-state index contributed by atoms with van der Waals surface area (Å²) >= 11 is 0. The summed E-state index contributed by atoms with van der Waals surface area (Å²) in [4.78, 5) is 24.2. The molecular weight excluding hydrogens is 210 g/mol. The molecule has 0 aromatic carbocycles. The largest absolute Gasteiger partial charge is 0.465 e. The quantitative estimate of drug-likeness (QED) is 0.535. The van der Waals surface area contributed by atoms with E-state index in [0.29, 0.717) is 6.61 Å². The van der Waals surface area contributed by atoms with Gasteiger partial charge in [-0.15, -0.1) is 0 Å². The predicted octanol–water partition coefficient (Wildman–Crippen LogP) is 0.250. The smallest absolute Gasteiger partial charge is 0.331 e. The highest BCUT2D eigenvalue weighted by Crippen LogP contribution is 2.07. The normalized spacial score (nSPS) is 15.7. The Labute approximate surface area is 95.3 Å². The van der Waals surface area contributed by atoms with E-state index < -0.39 is 0 Å². The molecule has 6 nitrogen and oxygen atoms in total. The van der Waals surface area contributed by atoms with Crippen LogP contribution in [-0.4, -0.2) is 43.1 Å². The maximum absolute atomic E-state index is 11.5. The number of nitrogens with zero attached hydrogens (tertiary/aromatic N) is 1. The fourth-order valence-electron chi connectivity index (χ4n) is 1.58. The second-order valence-electron chi connectivity index (χ2n) is 3.64. The van der Waals surface area contributed by atoms with Crippen molar-refractivity contribution in [2.75, 3.05) is 26.2 Å². The van der Waals surface area contributed by atoms with Gasteiger partial charge in [0.15, 0.2) is 0 Å². The molecule has 0 saturated carbocycles. The minimum absolute atomic E-state index is 0.00653. The molecule has 1 aliphatic rings. The molecule has 92 valence electrons. The van der Waals surface area contributed by atoms with Gasteiger partial charge in [0.2, 0.25) is 0 Å². The number of carbonyl (C=O) groups excluding carboxylic acids is 2. The summed E-state index contributed by atoms with van der Waals surface area (Å²) < 4.78 is 4.70. The molecule has 0 spiro atoms. The van der Waals surface area contributed by atoms with Gasteiger partial charge in [0, 0.05) is 13.1 Å². The van der Waals surface area contributed by atoms with Crippen LogP contribution in [0.5, 0.6) is 0 Å². The Bertz CT molecular complexity index is 239. The van der Waals surface area contributed by atoms with Crippen molar-refractivity contribution in [2.45, 2.75) is 26.2 Å². The number of hydrazine groups is 1. The Morgan fingerprint density at radius 3 is 2.56 bits per heavy atom. The third-order valence-electron chi connectivity index (χ3n) is 2.38. The molecule has 0 radical (unpaired) electrons. The van der Waals surface area contributed by atoms with Crippen molar-refractivity contribution in [1.29, 1.82) is 0 Å². The van der Waals surface area contributed by atoms with Gasteiger partial charge < -0.3 is 9.64 Å². The lowest BCUT2D eigenvalue weighted by Crippen LogP contribution is -2.49. The Hall–Kier alpha value is -1.30. The van der Waals surface area contributed by atoms with Gasteiger partial charge in [-0.05, 0) is 26.2 Å². The molecule has 0 atom stereocenters. The number of urea groups is 1. The van der Waals surface area contributed by atoms with Crippen LogP contribution >= 0.6 is 0 Å². The molecule has 1 fully saturated rings. The van der Waals surface area contributed by atoms with Crippen LogP contribution in [0.25, 0.3) is 0 Å². The molecule has 0 aromatic rings. The first kappa shape index (κ1) is 12.8. The van der Waals surface area contributed by atoms with E-state index in [9.17, 15) is 9.59 Å². The number of nitrogens with one attached hydrogen (secondary N) is 2. The number of rotatable bonds is 4. The zero-order valence-corrected chi connectivity index (χ0v) is 9.62. The maximum Gasteiger partial charge on any atom is 0.331 e. The number of amides is 2. The summed E-state index contributed by atoms with van der Waals surface area (Å²) in [5.41, 5.74) is 5.03. The molecule has 0 aliphatic carbocycles. The lowest BCUT2D eigenvalue weighted by Gasteiger charge is -2.26. The molecule has 0 aromatic heterocycles. The minimum atomic E-state index is -0.374. The number of hydrogen-bond donors (Lipinski definition) is 2. The third kappa shape index (κ3) is 4.48. The van der Waals surface area contributed by atoms with Crippen molar-refractivity contribution in [3.8, 4) is 0 Å². The van der Waals surface area contributed by atoms with Crippen LogP contribution in [-0.2, 0) is 9.53 Å². The number of ether oxygens (including phenoxy) is 1. The molecule has 1 rings (SSSR count). The maximum atomic E-state index is 11.5. The van der Waals surface area contributed by atoms with E-state index in [-0.39, 0.29) is 18.5 Å². The van der Waals surface area contributed by atoms with Crippen LogP contribution in [0.15, 0.2) is 0 Å². The number of hydrogen-bond acceptors (Lipinski definition) is 4. The number of piperidine rings is 1. The topological polar surface area (TPSA) is 70.7 Å². The fourth-order valence-corrected chi connectivity index (χ4v) is 1.58. The zero-order valence-electron chi connectivity index (χ0n) is 9.62. The standard InChI is InChI=1S/C10H19N3O3/c1-2-16-9(14)8-11-12-10(15)13-6-4-3-5-7-13/h11H,2-8H2,1H3,(H,12,15). The molecule has 6 heteroatoms. The van der Waals surface area contributed by atoms with E-state index in [4.69, 9.17) is 4.74 Å². The number of carbonyl (C=O) groups is 2. The minimum Gasteiger partial charge on any atom is -0.465 e. The summed E-state index contributed by atoms with van der Waals surface area (Å²) in [5.74, 6) is -0.374. The SMILES string of the molecule is CCOC(=O)CNNC(=O)N1CCCCC1. The zero-order chi connectivity index (χ0) is 11.8. The summed E-state index contributed by atoms with van der Waals surface area (Å²) in [6.07, 6.45) is 3.27. The van der Waals surface area contributed by atoms with Crippen LogP contribution in [0.4, 0.5) is 4.79 Å². The lowest BCUT2D eigenvalue weighted by atomic mass is 10.1. The van der Waals surface area contributed by atoms with Crippen molar-refractivity contribution in [1.82, 2.24) is 15.8 Å². The highest BCUT2D eigenvalue weighted by Gasteiger charge is 2.15. The highest BCUT2D eigenvalue weighted by molar-refractivity contribution is 5.75. The fraction of sp³-hybridized carbons (Fsp3) is 0.800. The average molecular weight is 229 g/mol. The van der Waals surface area contributed by atoms with E-state index in [1.807, 2.05) is 0 Å². The monoisotopic (exact) mass is 229 g/mol. The first-order chi connectivity index (χ1) is 7.74. The summed E-state index contributed by atoms with van der Waals surface area (Å²) in [7, 11) is 0. The lowest BCUT2D eigenvalue weighted by molar-refractivity contribution is -0.142. The summed E-state index contributed by atoms with van der Waals surface area (Å²) in [6, 6.07) is -0.177. The molecule has 1 aliphatic heterocycles. The van der Waals surface area contributed by atoms with E-state index in [1.54, 1.807) is 11.8 Å². The van der Waals surface area contributed by atoms with E-state index in [2.05, 4.69) is 10.9 Å². The van der Waals surface area contributed by atoms with Gasteiger partial charge in [0.25, 0.3) is 0 Å². The number of likely N-dealkylation sites (tertiary alicyclic amines) is 1. The molecule has 0 unspecified atom stereocenters. The van der Waals surface area contributed by atoms with Gasteiger partial charge in [0.1, 0.15) is 6.54 Å². The molecule has 1 heterocycles. The van der Waals surface area contributed by atoms with Gasteiger partial charge in [-0.3, -0.25) is 10.2 Å². The van der Waals surface area contributed by atoms with Crippen molar-refractivity contribution in [2.24, 2.45) is 0 Å². The Morgan fingerprint density at radius 1 is 1.25 bits per heavy atom. The molecule has 0 bridgehead atoms. The Balaban J connectivity index is 2.12. The van der Waals surface area contributed by atoms with Crippen molar-refractivity contribution in [3.63, 3.8) is 0 Å². The summed E-state index contributed by atoms with van der Waals surface area (Å²) in [5, 5.41) is 0. The first-order valence-corrected chi connectivity index (χ1v) is 5.67. The highest BCUT2D eigenvalue weighted by atomic mass is 16.5. The van der Waals surface area contributed by atoms with Gasteiger partial charge in [-0.25, -0.2) is 10.2 Å². The molecule has 2 N–H and O–H groups in total. The van der Waals surface area contributed by atoms with E-state index >= 15 is 0 Å². The van der Waals surface area contributed by atoms with Crippen LogP contribution in [0.2, 0.25) is 0 Å². The van der Waals surface area contributed by atoms with Crippen LogP contribution < -0.4 is 10.9 Å². The third-order valence-corrected chi connectivity index (χ3v) is 2.38. The summed E-state index contributed by atoms with van der Waals surface area (Å²) in [6.45, 7) is 3.65. The van der Waals surface area contributed by atoms with E-state index in [0.717, 1.165) is 25.9 Å². The predicted molar refractivity (Wildman–Crippen MR) is 58.6 cm³/mol. The molecule has 2 amide bonds. The van der Waals surface area contributed by atoms with Crippen LogP contribution in [0.1, 0.15) is 26.2 Å². The van der Waals surface area contributed by atoms with Crippen molar-refractivity contribution >= 4 is 12.0 Å². The Kier molecular flexibility index (Phi) is 5.63. The van der Waals surface area contributed by atoms with Crippen LogP contribution in [0, 0.1) is 0 Å². The molecular formula is C10H19N3O3. The van der Waals surface area contributed by atoms with Gasteiger partial charge in [-0.2, -0.15) is 0 Å². The van der Waals surface area contributed by atoms with Gasteiger partial charge >= 0.3 is 12.0 Å². The van der Waals surface area contributed by atoms with E-state index in [1.165, 1.54) is 6.42 Å². The second kappa shape index (κ2) is 7.05. The van der Waals surface area contributed by atoms with Crippen molar-refractivity contribution in [3.05, 3.63) is 0 Å². The molecule has 1 saturated heterocycles. The molecule has 16 heavy (non-hydrogen) atoms. The number of esters is 1. The Morgan fingerprint density at radius 2 is 1.94 bits per heavy atom.